The van der Waals surface area contributed by atoms with Gasteiger partial charge in [-0.1, -0.05) is 35.9 Å². The fourth-order valence-corrected chi connectivity index (χ4v) is 2.11. The van der Waals surface area contributed by atoms with Crippen molar-refractivity contribution in [3.05, 3.63) is 58.6 Å². The van der Waals surface area contributed by atoms with Gasteiger partial charge in [-0.3, -0.25) is 0 Å². The molecule has 2 rings (SSSR count). The van der Waals surface area contributed by atoms with Crippen LogP contribution in [0.2, 0.25) is 5.02 Å². The number of benzene rings is 2. The molecule has 0 fully saturated rings. The summed E-state index contributed by atoms with van der Waals surface area (Å²) in [7, 11) is 0. The Morgan fingerprint density at radius 3 is 2.17 bits per heavy atom. The first-order valence-corrected chi connectivity index (χ1v) is 6.29. The average molecular weight is 263 g/mol. The van der Waals surface area contributed by atoms with Gasteiger partial charge in [0.2, 0.25) is 0 Å². The van der Waals surface area contributed by atoms with Crippen molar-refractivity contribution in [2.75, 3.05) is 0 Å². The standard InChI is InChI=1S/C15H15ClO2/c16-13-9-8-12(15(18)10-13)6-3-5-11-4-1-2-7-14(11)17/h1-2,4,7-10,17-18H,3,5-6H2. The minimum absolute atomic E-state index is 0.236. The van der Waals surface area contributed by atoms with E-state index in [1.807, 2.05) is 24.3 Å². The summed E-state index contributed by atoms with van der Waals surface area (Å²) in [6.07, 6.45) is 2.42. The van der Waals surface area contributed by atoms with E-state index >= 15 is 0 Å². The molecule has 2 aromatic carbocycles. The molecule has 2 nitrogen and oxygen atoms in total. The second kappa shape index (κ2) is 5.78. The van der Waals surface area contributed by atoms with E-state index in [1.54, 1.807) is 18.2 Å². The Hall–Kier alpha value is -1.67. The van der Waals surface area contributed by atoms with Gasteiger partial charge in [0, 0.05) is 5.02 Å². The maximum absolute atomic E-state index is 9.71. The molecule has 0 aliphatic heterocycles. The number of halogens is 1. The zero-order chi connectivity index (χ0) is 13.0. The number of aryl methyl sites for hydroxylation is 2. The number of para-hydroxylation sites is 1. The van der Waals surface area contributed by atoms with Gasteiger partial charge >= 0.3 is 0 Å². The van der Waals surface area contributed by atoms with Crippen LogP contribution in [0.1, 0.15) is 17.5 Å². The van der Waals surface area contributed by atoms with Gasteiger partial charge in [0.25, 0.3) is 0 Å². The maximum Gasteiger partial charge on any atom is 0.120 e. The summed E-state index contributed by atoms with van der Waals surface area (Å²) in [5, 5.41) is 19.9. The van der Waals surface area contributed by atoms with Crippen LogP contribution in [0.5, 0.6) is 11.5 Å². The molecule has 0 saturated heterocycles. The van der Waals surface area contributed by atoms with Crippen LogP contribution in [0.4, 0.5) is 0 Å². The van der Waals surface area contributed by atoms with Crippen molar-refractivity contribution in [3.63, 3.8) is 0 Å². The lowest BCUT2D eigenvalue weighted by Crippen LogP contribution is -1.91. The monoisotopic (exact) mass is 262 g/mol. The highest BCUT2D eigenvalue weighted by atomic mass is 35.5. The van der Waals surface area contributed by atoms with Crippen LogP contribution in [-0.4, -0.2) is 10.2 Å². The van der Waals surface area contributed by atoms with E-state index in [0.29, 0.717) is 10.8 Å². The summed E-state index contributed by atoms with van der Waals surface area (Å²) in [6, 6.07) is 12.5. The summed E-state index contributed by atoms with van der Waals surface area (Å²) in [4.78, 5) is 0. The van der Waals surface area contributed by atoms with Gasteiger partial charge in [-0.2, -0.15) is 0 Å². The molecule has 0 aromatic heterocycles. The minimum Gasteiger partial charge on any atom is -0.508 e. The highest BCUT2D eigenvalue weighted by molar-refractivity contribution is 6.30. The lowest BCUT2D eigenvalue weighted by Gasteiger charge is -2.06. The van der Waals surface area contributed by atoms with Gasteiger partial charge in [0.15, 0.2) is 0 Å². The highest BCUT2D eigenvalue weighted by Crippen LogP contribution is 2.24. The van der Waals surface area contributed by atoms with Crippen molar-refractivity contribution >= 4 is 11.6 Å². The first kappa shape index (κ1) is 12.8. The number of rotatable bonds is 4. The third-order valence-corrected chi connectivity index (χ3v) is 3.17. The molecule has 3 heteroatoms. The van der Waals surface area contributed by atoms with Crippen LogP contribution in [0.15, 0.2) is 42.5 Å². The molecule has 0 aliphatic carbocycles. The van der Waals surface area contributed by atoms with Crippen molar-refractivity contribution in [3.8, 4) is 11.5 Å². The molecule has 0 bridgehead atoms. The lowest BCUT2D eigenvalue weighted by atomic mass is 10.0. The molecular weight excluding hydrogens is 248 g/mol. The summed E-state index contributed by atoms with van der Waals surface area (Å²) in [5.74, 6) is 0.567. The summed E-state index contributed by atoms with van der Waals surface area (Å²) in [6.45, 7) is 0. The van der Waals surface area contributed by atoms with Crippen molar-refractivity contribution in [2.45, 2.75) is 19.3 Å². The minimum atomic E-state index is 0.236. The van der Waals surface area contributed by atoms with Gasteiger partial charge in [0.05, 0.1) is 0 Å². The van der Waals surface area contributed by atoms with Crippen molar-refractivity contribution < 1.29 is 10.2 Å². The summed E-state index contributed by atoms with van der Waals surface area (Å²) < 4.78 is 0. The SMILES string of the molecule is Oc1ccccc1CCCc1ccc(Cl)cc1O. The molecule has 0 aliphatic rings. The normalized spacial score (nSPS) is 10.5. The number of hydrogen-bond acceptors (Lipinski definition) is 2. The summed E-state index contributed by atoms with van der Waals surface area (Å²) >= 11 is 5.77. The van der Waals surface area contributed by atoms with E-state index < -0.39 is 0 Å². The van der Waals surface area contributed by atoms with E-state index in [9.17, 15) is 10.2 Å². The topological polar surface area (TPSA) is 40.5 Å². The fourth-order valence-electron chi connectivity index (χ4n) is 1.94. The predicted molar refractivity (Wildman–Crippen MR) is 73.2 cm³/mol. The second-order valence-electron chi connectivity index (χ2n) is 4.26. The first-order chi connectivity index (χ1) is 8.66. The molecule has 2 N–H and O–H groups in total. The molecule has 18 heavy (non-hydrogen) atoms. The van der Waals surface area contributed by atoms with Gasteiger partial charge < -0.3 is 10.2 Å². The van der Waals surface area contributed by atoms with E-state index in [-0.39, 0.29) is 5.75 Å². The predicted octanol–water partition coefficient (Wildman–Crippen LogP) is 3.93. The Morgan fingerprint density at radius 2 is 1.50 bits per heavy atom. The van der Waals surface area contributed by atoms with E-state index in [4.69, 9.17) is 11.6 Å². The molecule has 0 amide bonds. The molecule has 0 atom stereocenters. The van der Waals surface area contributed by atoms with Gasteiger partial charge in [-0.05, 0) is 48.6 Å². The lowest BCUT2D eigenvalue weighted by molar-refractivity contribution is 0.463. The zero-order valence-electron chi connectivity index (χ0n) is 9.94. The van der Waals surface area contributed by atoms with Gasteiger partial charge in [0.1, 0.15) is 11.5 Å². The first-order valence-electron chi connectivity index (χ1n) is 5.91. The fraction of sp³-hybridized carbons (Fsp3) is 0.200. The second-order valence-corrected chi connectivity index (χ2v) is 4.69. The maximum atomic E-state index is 9.71. The van der Waals surface area contributed by atoms with Crippen LogP contribution >= 0.6 is 11.6 Å². The highest BCUT2D eigenvalue weighted by Gasteiger charge is 2.04. The number of hydrogen-bond donors (Lipinski definition) is 2. The van der Waals surface area contributed by atoms with Crippen LogP contribution < -0.4 is 0 Å². The summed E-state index contributed by atoms with van der Waals surface area (Å²) in [5.41, 5.74) is 1.82. The van der Waals surface area contributed by atoms with Crippen molar-refractivity contribution in [2.24, 2.45) is 0 Å². The van der Waals surface area contributed by atoms with E-state index in [2.05, 4.69) is 0 Å². The molecule has 0 unspecified atom stereocenters. The molecular formula is C15H15ClO2. The third-order valence-electron chi connectivity index (χ3n) is 2.93. The Labute approximate surface area is 111 Å². The number of phenols is 2. The molecule has 0 heterocycles. The van der Waals surface area contributed by atoms with Crippen molar-refractivity contribution in [1.29, 1.82) is 0 Å². The van der Waals surface area contributed by atoms with Gasteiger partial charge in [-0.15, -0.1) is 0 Å². The number of aromatic hydroxyl groups is 2. The quantitative estimate of drug-likeness (QED) is 0.877. The van der Waals surface area contributed by atoms with Crippen molar-refractivity contribution in [1.82, 2.24) is 0 Å². The zero-order valence-corrected chi connectivity index (χ0v) is 10.7. The third kappa shape index (κ3) is 3.17. The number of phenolic OH excluding ortho intramolecular Hbond substituents is 2. The van der Waals surface area contributed by atoms with Crippen LogP contribution in [0, 0.1) is 0 Å². The van der Waals surface area contributed by atoms with Crippen LogP contribution in [0.3, 0.4) is 0 Å². The van der Waals surface area contributed by atoms with E-state index in [1.165, 1.54) is 0 Å². The van der Waals surface area contributed by atoms with Gasteiger partial charge in [-0.25, -0.2) is 0 Å². The smallest absolute Gasteiger partial charge is 0.120 e. The molecule has 0 radical (unpaired) electrons. The molecule has 0 saturated carbocycles. The largest absolute Gasteiger partial charge is 0.508 e. The Morgan fingerprint density at radius 1 is 0.833 bits per heavy atom. The van der Waals surface area contributed by atoms with E-state index in [0.717, 1.165) is 30.4 Å². The Balaban J connectivity index is 1.95. The molecule has 0 spiro atoms. The molecule has 94 valence electrons. The average Bonchev–Trinajstić information content (AvgIpc) is 2.34. The van der Waals surface area contributed by atoms with Crippen LogP contribution in [0.25, 0.3) is 0 Å². The Kier molecular flexibility index (Phi) is 4.11. The molecule has 2 aromatic rings. The Bertz CT molecular complexity index is 538. The van der Waals surface area contributed by atoms with Crippen LogP contribution in [-0.2, 0) is 12.8 Å².